The fourth-order valence-electron chi connectivity index (χ4n) is 2.17. The van der Waals surface area contributed by atoms with E-state index in [-0.39, 0.29) is 17.4 Å². The fourth-order valence-corrected chi connectivity index (χ4v) is 3.56. The van der Waals surface area contributed by atoms with Crippen molar-refractivity contribution in [2.45, 2.75) is 38.0 Å². The van der Waals surface area contributed by atoms with Crippen molar-refractivity contribution in [2.75, 3.05) is 18.9 Å². The average molecular weight is 300 g/mol. The van der Waals surface area contributed by atoms with E-state index in [1.54, 1.807) is 25.1 Å². The molecule has 0 fully saturated rings. The molecule has 0 amide bonds. The molecule has 1 rings (SSSR count). The number of aliphatic hydroxyl groups is 1. The highest BCUT2D eigenvalue weighted by atomic mass is 32.2. The van der Waals surface area contributed by atoms with Gasteiger partial charge in [0, 0.05) is 18.8 Å². The van der Waals surface area contributed by atoms with E-state index in [1.165, 1.54) is 0 Å². The number of aliphatic hydroxyl groups excluding tert-OH is 1. The van der Waals surface area contributed by atoms with Crippen molar-refractivity contribution >= 4 is 15.7 Å². The molecule has 0 aliphatic rings. The van der Waals surface area contributed by atoms with Crippen molar-refractivity contribution in [3.63, 3.8) is 0 Å². The van der Waals surface area contributed by atoms with Crippen LogP contribution in [0.1, 0.15) is 31.7 Å². The van der Waals surface area contributed by atoms with Gasteiger partial charge in [0.1, 0.15) is 0 Å². The summed E-state index contributed by atoms with van der Waals surface area (Å²) in [5.74, 6) is 0.154. The number of hydrogen-bond acceptors (Lipinski definition) is 4. The molecule has 1 aromatic rings. The third-order valence-electron chi connectivity index (χ3n) is 3.41. The van der Waals surface area contributed by atoms with Crippen molar-refractivity contribution in [3.05, 3.63) is 23.8 Å². The van der Waals surface area contributed by atoms with Gasteiger partial charge >= 0.3 is 0 Å². The van der Waals surface area contributed by atoms with Crippen LogP contribution in [0, 0.1) is 12.8 Å². The van der Waals surface area contributed by atoms with Crippen LogP contribution in [-0.2, 0) is 10.0 Å². The highest BCUT2D eigenvalue weighted by molar-refractivity contribution is 7.89. The Balaban J connectivity index is 2.81. The Bertz CT molecular complexity index is 523. The number of benzene rings is 1. The zero-order chi connectivity index (χ0) is 15.2. The van der Waals surface area contributed by atoms with Gasteiger partial charge in [0.2, 0.25) is 10.0 Å². The Morgan fingerprint density at radius 1 is 1.35 bits per heavy atom. The molecule has 1 atom stereocenters. The highest BCUT2D eigenvalue weighted by Crippen LogP contribution is 2.20. The van der Waals surface area contributed by atoms with Gasteiger partial charge in [-0.25, -0.2) is 13.1 Å². The SMILES string of the molecule is CCCC(CCO)CNS(=O)(=O)c1cccc(N)c1C. The van der Waals surface area contributed by atoms with Gasteiger partial charge in [0.05, 0.1) is 4.90 Å². The molecule has 0 heterocycles. The van der Waals surface area contributed by atoms with E-state index in [0.717, 1.165) is 12.8 Å². The molecular formula is C14H24N2O3S. The van der Waals surface area contributed by atoms with Crippen molar-refractivity contribution < 1.29 is 13.5 Å². The van der Waals surface area contributed by atoms with E-state index in [1.807, 2.05) is 6.92 Å². The van der Waals surface area contributed by atoms with Gasteiger partial charge in [-0.05, 0) is 43.4 Å². The van der Waals surface area contributed by atoms with Crippen molar-refractivity contribution in [1.82, 2.24) is 4.72 Å². The van der Waals surface area contributed by atoms with E-state index in [0.29, 0.717) is 24.2 Å². The molecule has 114 valence electrons. The van der Waals surface area contributed by atoms with Gasteiger partial charge in [-0.3, -0.25) is 0 Å². The first-order chi connectivity index (χ1) is 9.42. The Kier molecular flexibility index (Phi) is 6.45. The first kappa shape index (κ1) is 16.9. The lowest BCUT2D eigenvalue weighted by molar-refractivity contribution is 0.251. The summed E-state index contributed by atoms with van der Waals surface area (Å²) in [6, 6.07) is 4.86. The molecule has 20 heavy (non-hydrogen) atoms. The Morgan fingerprint density at radius 3 is 2.65 bits per heavy atom. The van der Waals surface area contributed by atoms with E-state index in [4.69, 9.17) is 10.8 Å². The molecule has 1 aromatic carbocycles. The van der Waals surface area contributed by atoms with Crippen molar-refractivity contribution in [3.8, 4) is 0 Å². The second kappa shape index (κ2) is 7.61. The summed E-state index contributed by atoms with van der Waals surface area (Å²) in [5.41, 5.74) is 6.77. The van der Waals surface area contributed by atoms with Crippen LogP contribution in [0.2, 0.25) is 0 Å². The Hall–Kier alpha value is -1.11. The van der Waals surface area contributed by atoms with Crippen LogP contribution in [0.25, 0.3) is 0 Å². The molecule has 0 spiro atoms. The lowest BCUT2D eigenvalue weighted by atomic mass is 10.0. The minimum Gasteiger partial charge on any atom is -0.398 e. The standard InChI is InChI=1S/C14H24N2O3S/c1-3-5-12(8-9-17)10-16-20(18,19)14-7-4-6-13(15)11(14)2/h4,6-7,12,16-17H,3,5,8-10,15H2,1-2H3. The Labute approximate surface area is 121 Å². The van der Waals surface area contributed by atoms with Gasteiger partial charge in [-0.1, -0.05) is 19.4 Å². The first-order valence-corrected chi connectivity index (χ1v) is 8.36. The predicted octanol–water partition coefficient (Wildman–Crippen LogP) is 1.65. The number of nitrogens with two attached hydrogens (primary N) is 1. The van der Waals surface area contributed by atoms with Gasteiger partial charge in [-0.2, -0.15) is 0 Å². The maximum Gasteiger partial charge on any atom is 0.240 e. The molecule has 0 aliphatic carbocycles. The summed E-state index contributed by atoms with van der Waals surface area (Å²) < 4.78 is 27.2. The number of sulfonamides is 1. The summed E-state index contributed by atoms with van der Waals surface area (Å²) in [6.45, 7) is 4.15. The number of nitrogens with one attached hydrogen (secondary N) is 1. The van der Waals surface area contributed by atoms with Crippen LogP contribution in [-0.4, -0.2) is 26.7 Å². The van der Waals surface area contributed by atoms with E-state index in [9.17, 15) is 8.42 Å². The van der Waals surface area contributed by atoms with Gasteiger partial charge < -0.3 is 10.8 Å². The second-order valence-electron chi connectivity index (χ2n) is 4.99. The first-order valence-electron chi connectivity index (χ1n) is 6.88. The number of rotatable bonds is 8. The zero-order valence-corrected chi connectivity index (χ0v) is 12.9. The third kappa shape index (κ3) is 4.47. The fraction of sp³-hybridized carbons (Fsp3) is 0.571. The third-order valence-corrected chi connectivity index (χ3v) is 4.98. The molecule has 5 nitrogen and oxygen atoms in total. The molecule has 0 saturated carbocycles. The average Bonchev–Trinajstić information content (AvgIpc) is 2.39. The topological polar surface area (TPSA) is 92.4 Å². The molecule has 0 aliphatic heterocycles. The molecule has 0 radical (unpaired) electrons. The maximum atomic E-state index is 12.3. The molecule has 0 saturated heterocycles. The number of anilines is 1. The monoisotopic (exact) mass is 300 g/mol. The van der Waals surface area contributed by atoms with Crippen LogP contribution in [0.5, 0.6) is 0 Å². The summed E-state index contributed by atoms with van der Waals surface area (Å²) in [6.07, 6.45) is 2.45. The van der Waals surface area contributed by atoms with Gasteiger partial charge in [-0.15, -0.1) is 0 Å². The van der Waals surface area contributed by atoms with Crippen LogP contribution in [0.3, 0.4) is 0 Å². The minimum absolute atomic E-state index is 0.0731. The maximum absolute atomic E-state index is 12.3. The van der Waals surface area contributed by atoms with Crippen molar-refractivity contribution in [1.29, 1.82) is 0 Å². The molecule has 0 aromatic heterocycles. The lowest BCUT2D eigenvalue weighted by Gasteiger charge is -2.17. The summed E-state index contributed by atoms with van der Waals surface area (Å²) in [4.78, 5) is 0.219. The Morgan fingerprint density at radius 2 is 2.05 bits per heavy atom. The lowest BCUT2D eigenvalue weighted by Crippen LogP contribution is -2.30. The normalized spacial score (nSPS) is 13.3. The number of hydrogen-bond donors (Lipinski definition) is 3. The molecule has 0 bridgehead atoms. The van der Waals surface area contributed by atoms with Crippen LogP contribution in [0.15, 0.2) is 23.1 Å². The van der Waals surface area contributed by atoms with Crippen LogP contribution in [0.4, 0.5) is 5.69 Å². The minimum atomic E-state index is -3.56. The van der Waals surface area contributed by atoms with Gasteiger partial charge in [0.15, 0.2) is 0 Å². The largest absolute Gasteiger partial charge is 0.398 e. The zero-order valence-electron chi connectivity index (χ0n) is 12.1. The van der Waals surface area contributed by atoms with Crippen LogP contribution >= 0.6 is 0 Å². The molecular weight excluding hydrogens is 276 g/mol. The summed E-state index contributed by atoms with van der Waals surface area (Å²) >= 11 is 0. The predicted molar refractivity (Wildman–Crippen MR) is 80.9 cm³/mol. The molecule has 1 unspecified atom stereocenters. The summed E-state index contributed by atoms with van der Waals surface area (Å²) in [7, 11) is -3.56. The molecule has 4 N–H and O–H groups in total. The highest BCUT2D eigenvalue weighted by Gasteiger charge is 2.19. The van der Waals surface area contributed by atoms with E-state index < -0.39 is 10.0 Å². The second-order valence-corrected chi connectivity index (χ2v) is 6.72. The smallest absolute Gasteiger partial charge is 0.240 e. The van der Waals surface area contributed by atoms with E-state index >= 15 is 0 Å². The number of nitrogen functional groups attached to an aromatic ring is 1. The quantitative estimate of drug-likeness (QED) is 0.637. The van der Waals surface area contributed by atoms with Crippen molar-refractivity contribution in [2.24, 2.45) is 5.92 Å². The molecule has 6 heteroatoms. The summed E-state index contributed by atoms with van der Waals surface area (Å²) in [5, 5.41) is 9.00. The van der Waals surface area contributed by atoms with Crippen LogP contribution < -0.4 is 10.5 Å². The van der Waals surface area contributed by atoms with Gasteiger partial charge in [0.25, 0.3) is 0 Å². The van der Waals surface area contributed by atoms with E-state index in [2.05, 4.69) is 4.72 Å².